The van der Waals surface area contributed by atoms with Gasteiger partial charge in [-0.2, -0.15) is 0 Å². The van der Waals surface area contributed by atoms with Crippen LogP contribution in [0.1, 0.15) is 41.2 Å². The van der Waals surface area contributed by atoms with Gasteiger partial charge in [0.2, 0.25) is 0 Å². The Morgan fingerprint density at radius 1 is 1.15 bits per heavy atom. The second kappa shape index (κ2) is 10.6. The zero-order valence-corrected chi connectivity index (χ0v) is 20.3. The highest BCUT2D eigenvalue weighted by Crippen LogP contribution is 2.25. The second-order valence-electron chi connectivity index (χ2n) is 8.32. The lowest BCUT2D eigenvalue weighted by molar-refractivity contribution is 0.0791. The van der Waals surface area contributed by atoms with Crippen molar-refractivity contribution in [1.29, 1.82) is 0 Å². The van der Waals surface area contributed by atoms with Gasteiger partial charge in [0.1, 0.15) is 10.0 Å². The monoisotopic (exact) mass is 502 g/mol. The van der Waals surface area contributed by atoms with E-state index in [1.54, 1.807) is 59.8 Å². The number of halogens is 1. The van der Waals surface area contributed by atoms with Crippen LogP contribution in [0.4, 0.5) is 10.1 Å². The van der Waals surface area contributed by atoms with Crippen LogP contribution in [0.25, 0.3) is 0 Å². The Bertz CT molecular complexity index is 1230. The quantitative estimate of drug-likeness (QED) is 0.409. The molecule has 3 aromatic rings. The van der Waals surface area contributed by atoms with Gasteiger partial charge in [-0.3, -0.25) is 20.4 Å². The molecular formula is C24H27FN4O3S2. The van der Waals surface area contributed by atoms with Crippen LogP contribution in [0, 0.1) is 5.82 Å². The number of carbonyl (C=O) groups excluding carboxylic acids is 1. The standard InChI is InChI=1S/C24H27FN4O3S2/c1-29(12-4-10-20-16-22(27-26-20)17-6-2-8-19(25)14-17)24(30)18-7-3-9-21(15-18)28-34(31,32)23-11-5-13-33-23/h2-3,5-9,11,13-15,20,22,26-28H,4,10,12,16H2,1H3. The zero-order valence-electron chi connectivity index (χ0n) is 18.7. The van der Waals surface area contributed by atoms with Gasteiger partial charge in [0.15, 0.2) is 0 Å². The number of anilines is 1. The van der Waals surface area contributed by atoms with E-state index < -0.39 is 10.0 Å². The highest BCUT2D eigenvalue weighted by Gasteiger charge is 2.25. The van der Waals surface area contributed by atoms with Crippen molar-refractivity contribution in [3.63, 3.8) is 0 Å². The van der Waals surface area contributed by atoms with E-state index in [9.17, 15) is 17.6 Å². The topological polar surface area (TPSA) is 90.5 Å². The number of nitrogens with one attached hydrogen (secondary N) is 3. The summed E-state index contributed by atoms with van der Waals surface area (Å²) in [6.07, 6.45) is 2.49. The Morgan fingerprint density at radius 2 is 1.97 bits per heavy atom. The summed E-state index contributed by atoms with van der Waals surface area (Å²) in [5.41, 5.74) is 8.15. The third kappa shape index (κ3) is 6.01. The molecule has 0 aliphatic carbocycles. The molecule has 2 unspecified atom stereocenters. The van der Waals surface area contributed by atoms with Gasteiger partial charge in [-0.15, -0.1) is 11.3 Å². The molecule has 1 amide bonds. The molecule has 1 aliphatic heterocycles. The van der Waals surface area contributed by atoms with Crippen LogP contribution in [-0.2, 0) is 10.0 Å². The summed E-state index contributed by atoms with van der Waals surface area (Å²) in [5.74, 6) is -0.418. The molecule has 7 nitrogen and oxygen atoms in total. The maximum Gasteiger partial charge on any atom is 0.271 e. The number of sulfonamides is 1. The van der Waals surface area contributed by atoms with Gasteiger partial charge in [0, 0.05) is 36.9 Å². The number of rotatable bonds is 9. The molecule has 180 valence electrons. The van der Waals surface area contributed by atoms with Crippen molar-refractivity contribution in [3.05, 3.63) is 83.0 Å². The van der Waals surface area contributed by atoms with Crippen molar-refractivity contribution in [1.82, 2.24) is 15.8 Å². The third-order valence-corrected chi connectivity index (χ3v) is 8.53. The minimum atomic E-state index is -3.67. The van der Waals surface area contributed by atoms with Crippen molar-refractivity contribution in [2.24, 2.45) is 0 Å². The average Bonchev–Trinajstić information content (AvgIpc) is 3.51. The van der Waals surface area contributed by atoms with Crippen LogP contribution in [0.3, 0.4) is 0 Å². The Morgan fingerprint density at radius 3 is 2.74 bits per heavy atom. The molecule has 1 saturated heterocycles. The Balaban J connectivity index is 1.27. The summed E-state index contributed by atoms with van der Waals surface area (Å²) in [5, 5.41) is 1.70. The Hall–Kier alpha value is -2.79. The number of benzene rings is 2. The normalized spacial score (nSPS) is 18.1. The van der Waals surface area contributed by atoms with E-state index in [0.717, 1.165) is 36.2 Å². The Kier molecular flexibility index (Phi) is 7.62. The first-order valence-corrected chi connectivity index (χ1v) is 13.4. The van der Waals surface area contributed by atoms with Gasteiger partial charge >= 0.3 is 0 Å². The molecule has 34 heavy (non-hydrogen) atoms. The predicted molar refractivity (Wildman–Crippen MR) is 132 cm³/mol. The highest BCUT2D eigenvalue weighted by molar-refractivity contribution is 7.94. The molecule has 2 atom stereocenters. The second-order valence-corrected chi connectivity index (χ2v) is 11.2. The number of nitrogens with zero attached hydrogens (tertiary/aromatic N) is 1. The Labute approximate surface area is 203 Å². The first-order valence-electron chi connectivity index (χ1n) is 11.0. The molecular weight excluding hydrogens is 475 g/mol. The van der Waals surface area contributed by atoms with Gasteiger partial charge in [-0.25, -0.2) is 12.8 Å². The number of hydrogen-bond donors (Lipinski definition) is 3. The van der Waals surface area contributed by atoms with E-state index in [1.165, 1.54) is 12.1 Å². The van der Waals surface area contributed by atoms with E-state index >= 15 is 0 Å². The van der Waals surface area contributed by atoms with Gasteiger partial charge in [0.05, 0.1) is 0 Å². The summed E-state index contributed by atoms with van der Waals surface area (Å²) in [7, 11) is -1.94. The van der Waals surface area contributed by atoms with Crippen molar-refractivity contribution >= 4 is 33.0 Å². The molecule has 3 N–H and O–H groups in total. The van der Waals surface area contributed by atoms with Crippen LogP contribution in [0.5, 0.6) is 0 Å². The molecule has 0 bridgehead atoms. The number of hydrazine groups is 1. The lowest BCUT2D eigenvalue weighted by Gasteiger charge is -2.19. The molecule has 4 rings (SSSR count). The van der Waals surface area contributed by atoms with E-state index in [1.807, 2.05) is 6.07 Å². The maximum absolute atomic E-state index is 13.5. The molecule has 10 heteroatoms. The smallest absolute Gasteiger partial charge is 0.271 e. The van der Waals surface area contributed by atoms with Crippen LogP contribution in [0.15, 0.2) is 70.3 Å². The molecule has 1 aliphatic rings. The fraction of sp³-hybridized carbons (Fsp3) is 0.292. The summed E-state index contributed by atoms with van der Waals surface area (Å²) in [4.78, 5) is 14.5. The van der Waals surface area contributed by atoms with E-state index in [2.05, 4.69) is 15.6 Å². The third-order valence-electron chi connectivity index (χ3n) is 5.75. The first kappa shape index (κ1) is 24.3. The molecule has 0 saturated carbocycles. The van der Waals surface area contributed by atoms with Crippen LogP contribution in [-0.4, -0.2) is 38.9 Å². The minimum absolute atomic E-state index is 0.0563. The van der Waals surface area contributed by atoms with Gasteiger partial charge < -0.3 is 4.90 Å². The fourth-order valence-electron chi connectivity index (χ4n) is 3.99. The zero-order chi connectivity index (χ0) is 24.1. The molecule has 1 aromatic heterocycles. The largest absolute Gasteiger partial charge is 0.342 e. The van der Waals surface area contributed by atoms with Crippen molar-refractivity contribution in [2.45, 2.75) is 35.6 Å². The van der Waals surface area contributed by atoms with Gasteiger partial charge in [0.25, 0.3) is 15.9 Å². The molecule has 2 aromatic carbocycles. The highest BCUT2D eigenvalue weighted by atomic mass is 32.2. The fourth-order valence-corrected chi connectivity index (χ4v) is 6.03. The van der Waals surface area contributed by atoms with Crippen molar-refractivity contribution < 1.29 is 17.6 Å². The molecule has 0 spiro atoms. The SMILES string of the molecule is CN(CCCC1CC(c2cccc(F)c2)NN1)C(=O)c1cccc(NS(=O)(=O)c2cccs2)c1. The number of thiophene rings is 1. The van der Waals surface area contributed by atoms with E-state index in [0.29, 0.717) is 17.8 Å². The summed E-state index contributed by atoms with van der Waals surface area (Å²) >= 11 is 1.13. The molecule has 0 radical (unpaired) electrons. The van der Waals surface area contributed by atoms with E-state index in [-0.39, 0.29) is 28.0 Å². The number of hydrogen-bond acceptors (Lipinski definition) is 6. The van der Waals surface area contributed by atoms with Crippen LogP contribution < -0.4 is 15.6 Å². The van der Waals surface area contributed by atoms with Gasteiger partial charge in [-0.1, -0.05) is 24.3 Å². The lowest BCUT2D eigenvalue weighted by atomic mass is 9.99. The van der Waals surface area contributed by atoms with E-state index in [4.69, 9.17) is 0 Å². The number of carbonyl (C=O) groups is 1. The summed E-state index contributed by atoms with van der Waals surface area (Å²) < 4.78 is 41.1. The number of amides is 1. The minimum Gasteiger partial charge on any atom is -0.342 e. The maximum atomic E-state index is 13.5. The van der Waals surface area contributed by atoms with Crippen molar-refractivity contribution in [3.8, 4) is 0 Å². The first-order chi connectivity index (χ1) is 16.3. The van der Waals surface area contributed by atoms with Crippen LogP contribution >= 0.6 is 11.3 Å². The molecule has 2 heterocycles. The average molecular weight is 503 g/mol. The molecule has 1 fully saturated rings. The lowest BCUT2D eigenvalue weighted by Crippen LogP contribution is -2.32. The predicted octanol–water partition coefficient (Wildman–Crippen LogP) is 4.15. The van der Waals surface area contributed by atoms with Gasteiger partial charge in [-0.05, 0) is 66.6 Å². The summed E-state index contributed by atoms with van der Waals surface area (Å²) in [6, 6.07) is 16.6. The van der Waals surface area contributed by atoms with Crippen LogP contribution in [0.2, 0.25) is 0 Å². The summed E-state index contributed by atoms with van der Waals surface area (Å²) in [6.45, 7) is 0.562. The van der Waals surface area contributed by atoms with Crippen molar-refractivity contribution in [2.75, 3.05) is 18.3 Å².